The number of likely N-dealkylation sites (N-methyl/N-ethyl adjacent to an activating group) is 1. The summed E-state index contributed by atoms with van der Waals surface area (Å²) >= 11 is 6.19. The maximum atomic E-state index is 12.7. The molecule has 0 N–H and O–H groups in total. The van der Waals surface area contributed by atoms with E-state index in [2.05, 4.69) is 11.9 Å². The lowest BCUT2D eigenvalue weighted by atomic mass is 10.1. The largest absolute Gasteiger partial charge is 0.492 e. The summed E-state index contributed by atoms with van der Waals surface area (Å²) < 4.78 is 11.4. The number of fused-ring (bicyclic) bond motifs is 1. The van der Waals surface area contributed by atoms with E-state index in [1.165, 1.54) is 0 Å². The lowest BCUT2D eigenvalue weighted by Gasteiger charge is -2.33. The highest BCUT2D eigenvalue weighted by Crippen LogP contribution is 2.30. The predicted octanol–water partition coefficient (Wildman–Crippen LogP) is 1.82. The molecule has 2 saturated heterocycles. The maximum absolute atomic E-state index is 12.7. The van der Waals surface area contributed by atoms with E-state index >= 15 is 0 Å². The summed E-state index contributed by atoms with van der Waals surface area (Å²) in [5, 5.41) is 0.551. The highest BCUT2D eigenvalue weighted by molar-refractivity contribution is 6.32. The second-order valence-corrected chi connectivity index (χ2v) is 6.50. The van der Waals surface area contributed by atoms with Crippen LogP contribution in [0.4, 0.5) is 0 Å². The molecular formula is C17H23ClN2O3. The van der Waals surface area contributed by atoms with Crippen LogP contribution in [0.2, 0.25) is 5.02 Å². The van der Waals surface area contributed by atoms with E-state index in [0.29, 0.717) is 36.4 Å². The third-order valence-corrected chi connectivity index (χ3v) is 4.91. The number of carbonyl (C=O) groups is 1. The van der Waals surface area contributed by atoms with Gasteiger partial charge in [-0.05, 0) is 20.0 Å². The van der Waals surface area contributed by atoms with Gasteiger partial charge < -0.3 is 14.4 Å². The summed E-state index contributed by atoms with van der Waals surface area (Å²) in [6.07, 6.45) is 0.433. The molecule has 2 heterocycles. The number of nitrogens with zero attached hydrogens (tertiary/aromatic N) is 2. The van der Waals surface area contributed by atoms with Gasteiger partial charge in [0.25, 0.3) is 0 Å². The Morgan fingerprint density at radius 1 is 1.43 bits per heavy atom. The van der Waals surface area contributed by atoms with Crippen LogP contribution in [0.1, 0.15) is 12.5 Å². The average Bonchev–Trinajstić information content (AvgIpc) is 2.96. The Morgan fingerprint density at radius 3 is 3.00 bits per heavy atom. The van der Waals surface area contributed by atoms with Gasteiger partial charge in [0, 0.05) is 25.2 Å². The van der Waals surface area contributed by atoms with Crippen molar-refractivity contribution in [3.63, 3.8) is 0 Å². The van der Waals surface area contributed by atoms with Crippen LogP contribution < -0.4 is 4.74 Å². The van der Waals surface area contributed by atoms with Gasteiger partial charge in [0.05, 0.1) is 36.8 Å². The molecule has 0 spiro atoms. The first-order valence-electron chi connectivity index (χ1n) is 8.10. The van der Waals surface area contributed by atoms with E-state index in [9.17, 15) is 4.79 Å². The van der Waals surface area contributed by atoms with Gasteiger partial charge in [-0.3, -0.25) is 9.69 Å². The van der Waals surface area contributed by atoms with Crippen molar-refractivity contribution in [1.82, 2.24) is 9.80 Å². The Labute approximate surface area is 142 Å². The minimum Gasteiger partial charge on any atom is -0.492 e. The van der Waals surface area contributed by atoms with Crippen molar-refractivity contribution in [2.45, 2.75) is 25.5 Å². The summed E-state index contributed by atoms with van der Waals surface area (Å²) in [4.78, 5) is 16.9. The molecule has 126 valence electrons. The molecule has 0 aliphatic carbocycles. The van der Waals surface area contributed by atoms with Gasteiger partial charge in [-0.2, -0.15) is 0 Å². The number of morpholine rings is 1. The highest BCUT2D eigenvalue weighted by Gasteiger charge is 2.40. The first-order chi connectivity index (χ1) is 11.1. The van der Waals surface area contributed by atoms with E-state index in [-0.39, 0.29) is 12.0 Å². The molecule has 3 rings (SSSR count). The number of benzene rings is 1. The zero-order chi connectivity index (χ0) is 16.4. The average molecular weight is 339 g/mol. The second kappa shape index (κ2) is 7.07. The summed E-state index contributed by atoms with van der Waals surface area (Å²) in [5.41, 5.74) is 0.841. The minimum absolute atomic E-state index is 0.0969. The summed E-state index contributed by atoms with van der Waals surface area (Å²) in [6.45, 7) is 5.49. The van der Waals surface area contributed by atoms with Crippen LogP contribution in [-0.4, -0.2) is 67.7 Å². The molecule has 6 heteroatoms. The van der Waals surface area contributed by atoms with Gasteiger partial charge in [-0.25, -0.2) is 0 Å². The summed E-state index contributed by atoms with van der Waals surface area (Å²) in [7, 11) is 2.10. The van der Waals surface area contributed by atoms with Gasteiger partial charge in [0.1, 0.15) is 5.75 Å². The molecule has 23 heavy (non-hydrogen) atoms. The number of likely N-dealkylation sites (tertiary alicyclic amines) is 1. The van der Waals surface area contributed by atoms with Gasteiger partial charge in [0.2, 0.25) is 5.91 Å². The fraction of sp³-hybridized carbons (Fsp3) is 0.588. The zero-order valence-corrected chi connectivity index (χ0v) is 14.4. The molecule has 0 unspecified atom stereocenters. The van der Waals surface area contributed by atoms with Crippen LogP contribution in [0.3, 0.4) is 0 Å². The van der Waals surface area contributed by atoms with E-state index in [0.717, 1.165) is 25.3 Å². The fourth-order valence-electron chi connectivity index (χ4n) is 3.33. The lowest BCUT2D eigenvalue weighted by molar-refractivity contribution is -0.129. The molecule has 1 amide bonds. The molecule has 0 aromatic heterocycles. The number of ether oxygens (including phenoxy) is 2. The molecule has 1 aromatic carbocycles. The Bertz CT molecular complexity index is 581. The minimum atomic E-state index is 0.0969. The van der Waals surface area contributed by atoms with Crippen LogP contribution in [0.5, 0.6) is 5.75 Å². The third kappa shape index (κ3) is 3.47. The molecular weight excluding hydrogens is 316 g/mol. The molecule has 2 fully saturated rings. The quantitative estimate of drug-likeness (QED) is 0.840. The molecule has 2 aliphatic rings. The van der Waals surface area contributed by atoms with Gasteiger partial charge in [-0.15, -0.1) is 0 Å². The van der Waals surface area contributed by atoms with Crippen molar-refractivity contribution < 1.29 is 14.3 Å². The number of hydrogen-bond acceptors (Lipinski definition) is 4. The van der Waals surface area contributed by atoms with Crippen molar-refractivity contribution in [2.75, 3.05) is 39.9 Å². The second-order valence-electron chi connectivity index (χ2n) is 6.09. The summed E-state index contributed by atoms with van der Waals surface area (Å²) in [5.74, 6) is 0.717. The van der Waals surface area contributed by atoms with Crippen LogP contribution in [-0.2, 0) is 16.0 Å². The monoisotopic (exact) mass is 338 g/mol. The van der Waals surface area contributed by atoms with Gasteiger partial charge >= 0.3 is 0 Å². The number of hydrogen-bond donors (Lipinski definition) is 0. The fourth-order valence-corrected chi connectivity index (χ4v) is 3.58. The zero-order valence-electron chi connectivity index (χ0n) is 13.6. The Morgan fingerprint density at radius 2 is 2.26 bits per heavy atom. The third-order valence-electron chi connectivity index (χ3n) is 4.61. The van der Waals surface area contributed by atoms with Crippen molar-refractivity contribution in [2.24, 2.45) is 0 Å². The van der Waals surface area contributed by atoms with Crippen molar-refractivity contribution in [3.8, 4) is 5.75 Å². The predicted molar refractivity (Wildman–Crippen MR) is 89.1 cm³/mol. The Hall–Kier alpha value is -1.30. The SMILES string of the molecule is CCOc1c(Cl)cccc1CC(=O)N1C[C@H]2OCCN(C)[C@H]2C1. The normalized spacial score (nSPS) is 24.6. The molecule has 0 bridgehead atoms. The standard InChI is InChI=1S/C17H23ClN2O3/c1-3-22-17-12(5-4-6-13(17)18)9-16(21)20-10-14-15(11-20)23-8-7-19(14)2/h4-6,14-15H,3,7-11H2,1-2H3/t14-,15+/m0/s1. The molecule has 5 nitrogen and oxygen atoms in total. The van der Waals surface area contributed by atoms with Gasteiger partial charge in [-0.1, -0.05) is 23.7 Å². The first kappa shape index (κ1) is 16.6. The molecule has 2 atom stereocenters. The smallest absolute Gasteiger partial charge is 0.227 e. The van der Waals surface area contributed by atoms with E-state index < -0.39 is 0 Å². The topological polar surface area (TPSA) is 42.0 Å². The van der Waals surface area contributed by atoms with Crippen molar-refractivity contribution >= 4 is 17.5 Å². The van der Waals surface area contributed by atoms with Crippen LogP contribution in [0, 0.1) is 0 Å². The molecule has 0 saturated carbocycles. The molecule has 1 aromatic rings. The van der Waals surface area contributed by atoms with E-state index in [4.69, 9.17) is 21.1 Å². The van der Waals surface area contributed by atoms with Gasteiger partial charge in [0.15, 0.2) is 0 Å². The van der Waals surface area contributed by atoms with E-state index in [1.54, 1.807) is 6.07 Å². The lowest BCUT2D eigenvalue weighted by Crippen LogP contribution is -2.48. The molecule has 2 aliphatic heterocycles. The Kier molecular flexibility index (Phi) is 5.09. The number of rotatable bonds is 4. The van der Waals surface area contributed by atoms with Crippen LogP contribution in [0.15, 0.2) is 18.2 Å². The van der Waals surface area contributed by atoms with Crippen LogP contribution >= 0.6 is 11.6 Å². The first-order valence-corrected chi connectivity index (χ1v) is 8.47. The number of amides is 1. The summed E-state index contributed by atoms with van der Waals surface area (Å²) in [6, 6.07) is 5.85. The van der Waals surface area contributed by atoms with Crippen molar-refractivity contribution in [1.29, 1.82) is 0 Å². The van der Waals surface area contributed by atoms with E-state index in [1.807, 2.05) is 24.0 Å². The van der Waals surface area contributed by atoms with Crippen molar-refractivity contribution in [3.05, 3.63) is 28.8 Å². The number of halogens is 1. The number of carbonyl (C=O) groups excluding carboxylic acids is 1. The highest BCUT2D eigenvalue weighted by atomic mass is 35.5. The van der Waals surface area contributed by atoms with Crippen LogP contribution in [0.25, 0.3) is 0 Å². The molecule has 0 radical (unpaired) electrons. The number of para-hydroxylation sites is 1. The Balaban J connectivity index is 1.69. The maximum Gasteiger partial charge on any atom is 0.227 e.